The standard InChI is InChI=1S/C14H15ClFN5/c15-12-13(17)18-9-19-14(12)21-7-5-20(6-8-21)11-3-1-10(16)2-4-11/h1-4,9H,5-8H2,(H2,17,18,19). The molecule has 0 amide bonds. The SMILES string of the molecule is Nc1ncnc(N2CCN(c3ccc(F)cc3)CC2)c1Cl. The van der Waals surface area contributed by atoms with Crippen molar-refractivity contribution in [2.24, 2.45) is 0 Å². The summed E-state index contributed by atoms with van der Waals surface area (Å²) >= 11 is 6.15. The van der Waals surface area contributed by atoms with Crippen molar-refractivity contribution in [2.75, 3.05) is 41.7 Å². The van der Waals surface area contributed by atoms with E-state index in [2.05, 4.69) is 19.8 Å². The number of piperazine rings is 1. The highest BCUT2D eigenvalue weighted by Gasteiger charge is 2.21. The summed E-state index contributed by atoms with van der Waals surface area (Å²) in [6, 6.07) is 6.54. The Balaban J connectivity index is 1.70. The molecule has 1 aliphatic rings. The number of rotatable bonds is 2. The van der Waals surface area contributed by atoms with Gasteiger partial charge in [0, 0.05) is 31.9 Å². The van der Waals surface area contributed by atoms with E-state index < -0.39 is 0 Å². The van der Waals surface area contributed by atoms with E-state index in [1.165, 1.54) is 18.5 Å². The molecule has 0 saturated carbocycles. The molecule has 0 aliphatic carbocycles. The molecule has 2 aromatic rings. The Morgan fingerprint density at radius 3 is 2.29 bits per heavy atom. The van der Waals surface area contributed by atoms with E-state index in [4.69, 9.17) is 17.3 Å². The third-order valence-electron chi connectivity index (χ3n) is 3.57. The lowest BCUT2D eigenvalue weighted by Crippen LogP contribution is -2.47. The first-order chi connectivity index (χ1) is 10.1. The summed E-state index contributed by atoms with van der Waals surface area (Å²) in [6.45, 7) is 3.17. The number of nitrogen functional groups attached to an aromatic ring is 1. The van der Waals surface area contributed by atoms with Crippen LogP contribution in [0.15, 0.2) is 30.6 Å². The van der Waals surface area contributed by atoms with Crippen molar-refractivity contribution in [2.45, 2.75) is 0 Å². The maximum atomic E-state index is 13.0. The summed E-state index contributed by atoms with van der Waals surface area (Å²) in [5.41, 5.74) is 6.72. The van der Waals surface area contributed by atoms with Crippen LogP contribution in [0.5, 0.6) is 0 Å². The molecule has 1 fully saturated rings. The number of hydrogen-bond donors (Lipinski definition) is 1. The Kier molecular flexibility index (Phi) is 3.79. The van der Waals surface area contributed by atoms with Crippen molar-refractivity contribution in [3.8, 4) is 0 Å². The van der Waals surface area contributed by atoms with Crippen molar-refractivity contribution in [3.05, 3.63) is 41.4 Å². The fraction of sp³-hybridized carbons (Fsp3) is 0.286. The van der Waals surface area contributed by atoms with Gasteiger partial charge in [-0.05, 0) is 24.3 Å². The minimum absolute atomic E-state index is 0.222. The summed E-state index contributed by atoms with van der Waals surface area (Å²) in [5.74, 6) is 0.742. The molecule has 7 heteroatoms. The fourth-order valence-corrected chi connectivity index (χ4v) is 2.64. The first-order valence-electron chi connectivity index (χ1n) is 6.66. The molecule has 0 atom stereocenters. The van der Waals surface area contributed by atoms with Gasteiger partial charge in [-0.3, -0.25) is 0 Å². The van der Waals surface area contributed by atoms with E-state index in [9.17, 15) is 4.39 Å². The average Bonchev–Trinajstić information content (AvgIpc) is 2.51. The average molecular weight is 308 g/mol. The molecule has 3 rings (SSSR count). The third kappa shape index (κ3) is 2.85. The molecule has 5 nitrogen and oxygen atoms in total. The smallest absolute Gasteiger partial charge is 0.153 e. The zero-order chi connectivity index (χ0) is 14.8. The summed E-state index contributed by atoms with van der Waals surface area (Å²) < 4.78 is 13.0. The van der Waals surface area contributed by atoms with E-state index in [1.54, 1.807) is 12.1 Å². The number of benzene rings is 1. The zero-order valence-electron chi connectivity index (χ0n) is 11.3. The molecular formula is C14H15ClFN5. The molecule has 0 bridgehead atoms. The van der Waals surface area contributed by atoms with Crippen molar-refractivity contribution in [3.63, 3.8) is 0 Å². The van der Waals surface area contributed by atoms with Gasteiger partial charge in [0.15, 0.2) is 5.82 Å². The van der Waals surface area contributed by atoms with Gasteiger partial charge in [-0.1, -0.05) is 11.6 Å². The minimum Gasteiger partial charge on any atom is -0.382 e. The van der Waals surface area contributed by atoms with Crippen LogP contribution in [0.3, 0.4) is 0 Å². The van der Waals surface area contributed by atoms with Gasteiger partial charge < -0.3 is 15.5 Å². The van der Waals surface area contributed by atoms with Gasteiger partial charge in [0.2, 0.25) is 0 Å². The Bertz CT molecular complexity index is 626. The highest BCUT2D eigenvalue weighted by molar-refractivity contribution is 6.35. The van der Waals surface area contributed by atoms with Crippen molar-refractivity contribution in [1.29, 1.82) is 0 Å². The quantitative estimate of drug-likeness (QED) is 0.921. The van der Waals surface area contributed by atoms with Gasteiger partial charge in [0.25, 0.3) is 0 Å². The molecule has 0 spiro atoms. The van der Waals surface area contributed by atoms with Gasteiger partial charge in [0.05, 0.1) is 0 Å². The number of aromatic nitrogens is 2. The second kappa shape index (κ2) is 5.73. The molecule has 2 N–H and O–H groups in total. The number of nitrogens with zero attached hydrogens (tertiary/aromatic N) is 4. The molecule has 1 saturated heterocycles. The van der Waals surface area contributed by atoms with Crippen LogP contribution in [0.25, 0.3) is 0 Å². The largest absolute Gasteiger partial charge is 0.382 e. The molecule has 0 unspecified atom stereocenters. The lowest BCUT2D eigenvalue weighted by atomic mass is 10.2. The summed E-state index contributed by atoms with van der Waals surface area (Å²) in [5, 5.41) is 0.396. The number of halogens is 2. The number of anilines is 3. The molecule has 2 heterocycles. The van der Waals surface area contributed by atoms with Gasteiger partial charge in [0.1, 0.15) is 23.0 Å². The van der Waals surface area contributed by atoms with Crippen LogP contribution in [0.1, 0.15) is 0 Å². The normalized spacial score (nSPS) is 15.3. The van der Waals surface area contributed by atoms with Gasteiger partial charge >= 0.3 is 0 Å². The van der Waals surface area contributed by atoms with Gasteiger partial charge in [-0.15, -0.1) is 0 Å². The number of nitrogens with two attached hydrogens (primary N) is 1. The Labute approximate surface area is 127 Å². The van der Waals surface area contributed by atoms with Gasteiger partial charge in [-0.2, -0.15) is 0 Å². The topological polar surface area (TPSA) is 58.3 Å². The van der Waals surface area contributed by atoms with E-state index in [0.717, 1.165) is 31.9 Å². The summed E-state index contributed by atoms with van der Waals surface area (Å²) in [4.78, 5) is 12.4. The summed E-state index contributed by atoms with van der Waals surface area (Å²) in [6.07, 6.45) is 1.42. The van der Waals surface area contributed by atoms with Crippen LogP contribution in [-0.2, 0) is 0 Å². The molecule has 0 radical (unpaired) electrons. The third-order valence-corrected chi connectivity index (χ3v) is 3.93. The van der Waals surface area contributed by atoms with Crippen LogP contribution in [-0.4, -0.2) is 36.1 Å². The van der Waals surface area contributed by atoms with Crippen molar-refractivity contribution in [1.82, 2.24) is 9.97 Å². The van der Waals surface area contributed by atoms with Crippen LogP contribution in [0.2, 0.25) is 5.02 Å². The number of hydrogen-bond acceptors (Lipinski definition) is 5. The van der Waals surface area contributed by atoms with Gasteiger partial charge in [-0.25, -0.2) is 14.4 Å². The highest BCUT2D eigenvalue weighted by atomic mass is 35.5. The first-order valence-corrected chi connectivity index (χ1v) is 7.04. The van der Waals surface area contributed by atoms with E-state index in [1.807, 2.05) is 0 Å². The molecule has 1 aliphatic heterocycles. The maximum absolute atomic E-state index is 13.0. The molecular weight excluding hydrogens is 293 g/mol. The van der Waals surface area contributed by atoms with Crippen LogP contribution < -0.4 is 15.5 Å². The molecule has 110 valence electrons. The van der Waals surface area contributed by atoms with Crippen LogP contribution in [0.4, 0.5) is 21.7 Å². The maximum Gasteiger partial charge on any atom is 0.153 e. The Morgan fingerprint density at radius 2 is 1.62 bits per heavy atom. The molecule has 1 aromatic carbocycles. The first kappa shape index (κ1) is 13.9. The highest BCUT2D eigenvalue weighted by Crippen LogP contribution is 2.28. The van der Waals surface area contributed by atoms with E-state index in [0.29, 0.717) is 16.7 Å². The molecule has 1 aromatic heterocycles. The lowest BCUT2D eigenvalue weighted by molar-refractivity contribution is 0.624. The van der Waals surface area contributed by atoms with Crippen LogP contribution >= 0.6 is 11.6 Å². The minimum atomic E-state index is -0.222. The monoisotopic (exact) mass is 307 g/mol. The summed E-state index contributed by atoms with van der Waals surface area (Å²) in [7, 11) is 0. The van der Waals surface area contributed by atoms with Crippen molar-refractivity contribution < 1.29 is 4.39 Å². The van der Waals surface area contributed by atoms with E-state index >= 15 is 0 Å². The fourth-order valence-electron chi connectivity index (χ4n) is 2.42. The Hall–Kier alpha value is -2.08. The van der Waals surface area contributed by atoms with E-state index in [-0.39, 0.29) is 5.82 Å². The predicted octanol–water partition coefficient (Wildman–Crippen LogP) is 2.18. The second-order valence-electron chi connectivity index (χ2n) is 4.85. The van der Waals surface area contributed by atoms with Crippen molar-refractivity contribution >= 4 is 28.9 Å². The Morgan fingerprint density at radius 1 is 1.00 bits per heavy atom. The zero-order valence-corrected chi connectivity index (χ0v) is 12.1. The predicted molar refractivity (Wildman–Crippen MR) is 82.3 cm³/mol. The lowest BCUT2D eigenvalue weighted by Gasteiger charge is -2.37. The second-order valence-corrected chi connectivity index (χ2v) is 5.22. The molecule has 21 heavy (non-hydrogen) atoms. The van der Waals surface area contributed by atoms with Crippen LogP contribution in [0, 0.1) is 5.82 Å².